The molecule has 0 aliphatic rings. The number of para-hydroxylation sites is 1. The van der Waals surface area contributed by atoms with Gasteiger partial charge in [0, 0.05) is 17.8 Å². The minimum absolute atomic E-state index is 0.114. The molecule has 0 bridgehead atoms. The molecule has 108 valence electrons. The summed E-state index contributed by atoms with van der Waals surface area (Å²) in [6, 6.07) is 12.0. The number of pyridine rings is 1. The van der Waals surface area contributed by atoms with Gasteiger partial charge in [0.15, 0.2) is 5.58 Å². The molecule has 0 saturated carbocycles. The van der Waals surface area contributed by atoms with Crippen LogP contribution in [0.3, 0.4) is 0 Å². The Morgan fingerprint density at radius 2 is 2.19 bits per heavy atom. The lowest BCUT2D eigenvalue weighted by atomic mass is 10.1. The first-order valence-electron chi connectivity index (χ1n) is 7.08. The molecule has 2 heterocycles. The second kappa shape index (κ2) is 6.29. The molecule has 0 saturated heterocycles. The zero-order chi connectivity index (χ0) is 14.7. The Morgan fingerprint density at radius 1 is 1.29 bits per heavy atom. The number of furan rings is 1. The normalized spacial score (nSPS) is 12.7. The molecular weight excluding hydrogens is 284 g/mol. The van der Waals surface area contributed by atoms with Gasteiger partial charge in [-0.15, -0.1) is 0 Å². The zero-order valence-electron chi connectivity index (χ0n) is 11.8. The zero-order valence-corrected chi connectivity index (χ0v) is 12.6. The molecule has 4 heteroatoms. The highest BCUT2D eigenvalue weighted by Crippen LogP contribution is 2.30. The van der Waals surface area contributed by atoms with Crippen LogP contribution in [0.2, 0.25) is 5.02 Å². The molecule has 1 N–H and O–H groups in total. The van der Waals surface area contributed by atoms with Crippen LogP contribution in [0.25, 0.3) is 11.0 Å². The molecule has 2 aromatic heterocycles. The summed E-state index contributed by atoms with van der Waals surface area (Å²) in [6.07, 6.45) is 4.51. The van der Waals surface area contributed by atoms with Gasteiger partial charge in [-0.2, -0.15) is 0 Å². The monoisotopic (exact) mass is 300 g/mol. The Balaban J connectivity index is 1.93. The molecule has 1 atom stereocenters. The largest absolute Gasteiger partial charge is 0.458 e. The minimum Gasteiger partial charge on any atom is -0.458 e. The number of hydrogen-bond acceptors (Lipinski definition) is 3. The van der Waals surface area contributed by atoms with Crippen molar-refractivity contribution in [2.45, 2.75) is 19.4 Å². The Morgan fingerprint density at radius 3 is 2.90 bits per heavy atom. The molecule has 0 radical (unpaired) electrons. The Kier molecular flexibility index (Phi) is 4.23. The smallest absolute Gasteiger partial charge is 0.152 e. The van der Waals surface area contributed by atoms with E-state index in [1.165, 1.54) is 5.56 Å². The first kappa shape index (κ1) is 14.1. The van der Waals surface area contributed by atoms with Gasteiger partial charge in [0.2, 0.25) is 0 Å². The lowest BCUT2D eigenvalue weighted by Gasteiger charge is -2.15. The third-order valence-corrected chi connectivity index (χ3v) is 3.77. The summed E-state index contributed by atoms with van der Waals surface area (Å²) in [4.78, 5) is 4.17. The van der Waals surface area contributed by atoms with Crippen molar-refractivity contribution in [1.82, 2.24) is 10.3 Å². The maximum Gasteiger partial charge on any atom is 0.152 e. The van der Waals surface area contributed by atoms with E-state index in [9.17, 15) is 0 Å². The molecule has 0 fully saturated rings. The lowest BCUT2D eigenvalue weighted by Crippen LogP contribution is -2.22. The Labute approximate surface area is 128 Å². The van der Waals surface area contributed by atoms with Gasteiger partial charge in [-0.3, -0.25) is 4.98 Å². The third kappa shape index (κ3) is 3.09. The van der Waals surface area contributed by atoms with Crippen LogP contribution in [0, 0.1) is 0 Å². The first-order chi connectivity index (χ1) is 10.3. The van der Waals surface area contributed by atoms with Crippen LogP contribution < -0.4 is 5.32 Å². The van der Waals surface area contributed by atoms with E-state index in [1.54, 1.807) is 6.20 Å². The Bertz CT molecular complexity index is 724. The maximum atomic E-state index is 6.19. The summed E-state index contributed by atoms with van der Waals surface area (Å²) in [5, 5.41) is 5.15. The molecule has 0 aliphatic heterocycles. The summed E-state index contributed by atoms with van der Waals surface area (Å²) in [5.74, 6) is 0.906. The van der Waals surface area contributed by atoms with E-state index in [0.717, 1.165) is 29.7 Å². The van der Waals surface area contributed by atoms with E-state index in [4.69, 9.17) is 16.0 Å². The van der Waals surface area contributed by atoms with Gasteiger partial charge >= 0.3 is 0 Å². The van der Waals surface area contributed by atoms with Crippen molar-refractivity contribution in [3.63, 3.8) is 0 Å². The van der Waals surface area contributed by atoms with Crippen LogP contribution in [-0.2, 0) is 6.42 Å². The summed E-state index contributed by atoms with van der Waals surface area (Å²) in [6.45, 7) is 2.96. The fourth-order valence-electron chi connectivity index (χ4n) is 2.49. The van der Waals surface area contributed by atoms with Crippen molar-refractivity contribution in [2.75, 3.05) is 6.54 Å². The van der Waals surface area contributed by atoms with E-state index in [2.05, 4.69) is 29.4 Å². The molecule has 1 unspecified atom stereocenters. The molecule has 0 aliphatic carbocycles. The van der Waals surface area contributed by atoms with Gasteiger partial charge in [-0.25, -0.2) is 0 Å². The molecule has 0 amide bonds. The average molecular weight is 301 g/mol. The van der Waals surface area contributed by atoms with Gasteiger partial charge in [0.1, 0.15) is 5.76 Å². The maximum absolute atomic E-state index is 6.19. The number of hydrogen-bond donors (Lipinski definition) is 1. The van der Waals surface area contributed by atoms with Crippen molar-refractivity contribution < 1.29 is 4.42 Å². The highest BCUT2D eigenvalue weighted by Gasteiger charge is 2.17. The number of fused-ring (bicyclic) bond motifs is 1. The van der Waals surface area contributed by atoms with Crippen molar-refractivity contribution >= 4 is 22.6 Å². The highest BCUT2D eigenvalue weighted by atomic mass is 35.5. The molecular formula is C17H17ClN2O. The second-order valence-corrected chi connectivity index (χ2v) is 5.39. The summed E-state index contributed by atoms with van der Waals surface area (Å²) in [5.41, 5.74) is 1.93. The standard InChI is InChI=1S/C17H17ClN2O/c1-2-20-15(9-12-5-4-8-19-11-12)16-10-13-6-3-7-14(18)17(13)21-16/h3-8,10-11,15,20H,2,9H2,1H3. The van der Waals surface area contributed by atoms with E-state index < -0.39 is 0 Å². The SMILES string of the molecule is CCNC(Cc1cccnc1)c1cc2cccc(Cl)c2o1. The van der Waals surface area contributed by atoms with Crippen LogP contribution in [-0.4, -0.2) is 11.5 Å². The second-order valence-electron chi connectivity index (χ2n) is 4.98. The van der Waals surface area contributed by atoms with Crippen LogP contribution in [0.4, 0.5) is 0 Å². The number of benzene rings is 1. The van der Waals surface area contributed by atoms with Crippen LogP contribution >= 0.6 is 11.6 Å². The summed E-state index contributed by atoms with van der Waals surface area (Å²) < 4.78 is 5.97. The number of rotatable bonds is 5. The quantitative estimate of drug-likeness (QED) is 0.760. The third-order valence-electron chi connectivity index (χ3n) is 3.47. The topological polar surface area (TPSA) is 38.1 Å². The number of aromatic nitrogens is 1. The van der Waals surface area contributed by atoms with E-state index in [1.807, 2.05) is 30.5 Å². The fraction of sp³-hybridized carbons (Fsp3) is 0.235. The fourth-order valence-corrected chi connectivity index (χ4v) is 2.71. The predicted molar refractivity (Wildman–Crippen MR) is 85.6 cm³/mol. The van der Waals surface area contributed by atoms with Gasteiger partial charge in [-0.1, -0.05) is 36.7 Å². The van der Waals surface area contributed by atoms with Crippen molar-refractivity contribution in [3.8, 4) is 0 Å². The van der Waals surface area contributed by atoms with Gasteiger partial charge in [-0.05, 0) is 36.7 Å². The highest BCUT2D eigenvalue weighted by molar-refractivity contribution is 6.34. The van der Waals surface area contributed by atoms with E-state index >= 15 is 0 Å². The number of halogens is 1. The number of nitrogens with zero attached hydrogens (tertiary/aromatic N) is 1. The van der Waals surface area contributed by atoms with Gasteiger partial charge in [0.05, 0.1) is 11.1 Å². The molecule has 3 nitrogen and oxygen atoms in total. The number of likely N-dealkylation sites (N-methyl/N-ethyl adjacent to an activating group) is 1. The minimum atomic E-state index is 0.114. The molecule has 0 spiro atoms. The number of nitrogens with one attached hydrogen (secondary N) is 1. The summed E-state index contributed by atoms with van der Waals surface area (Å²) in [7, 11) is 0. The van der Waals surface area contributed by atoms with Crippen molar-refractivity contribution in [3.05, 3.63) is 65.1 Å². The van der Waals surface area contributed by atoms with Gasteiger partial charge in [0.25, 0.3) is 0 Å². The average Bonchev–Trinajstić information content (AvgIpc) is 2.93. The Hall–Kier alpha value is -1.84. The van der Waals surface area contributed by atoms with E-state index in [-0.39, 0.29) is 6.04 Å². The molecule has 3 aromatic rings. The van der Waals surface area contributed by atoms with Crippen LogP contribution in [0.5, 0.6) is 0 Å². The van der Waals surface area contributed by atoms with Crippen LogP contribution in [0.1, 0.15) is 24.3 Å². The predicted octanol–water partition coefficient (Wildman–Crippen LogP) is 4.37. The molecule has 3 rings (SSSR count). The molecule has 1 aromatic carbocycles. The lowest BCUT2D eigenvalue weighted by molar-refractivity contribution is 0.434. The van der Waals surface area contributed by atoms with Crippen molar-refractivity contribution in [1.29, 1.82) is 0 Å². The summed E-state index contributed by atoms with van der Waals surface area (Å²) >= 11 is 6.19. The first-order valence-corrected chi connectivity index (χ1v) is 7.46. The van der Waals surface area contributed by atoms with Gasteiger partial charge < -0.3 is 9.73 Å². The van der Waals surface area contributed by atoms with E-state index in [0.29, 0.717) is 5.02 Å². The molecule has 21 heavy (non-hydrogen) atoms. The van der Waals surface area contributed by atoms with Crippen LogP contribution in [0.15, 0.2) is 53.2 Å². The van der Waals surface area contributed by atoms with Crippen molar-refractivity contribution in [2.24, 2.45) is 0 Å².